The number of rotatable bonds is 7. The molecule has 0 bridgehead atoms. The molecule has 5 nitrogen and oxygen atoms in total. The summed E-state index contributed by atoms with van der Waals surface area (Å²) in [6, 6.07) is 5.37. The summed E-state index contributed by atoms with van der Waals surface area (Å²) in [5.41, 5.74) is 0. The van der Waals surface area contributed by atoms with Crippen molar-refractivity contribution < 1.29 is 18.0 Å². The van der Waals surface area contributed by atoms with E-state index in [4.69, 9.17) is 18.7 Å². The van der Waals surface area contributed by atoms with Crippen LogP contribution < -0.4 is 0 Å². The van der Waals surface area contributed by atoms with E-state index in [1.807, 2.05) is 6.07 Å². The van der Waals surface area contributed by atoms with Crippen LogP contribution in [0.3, 0.4) is 0 Å². The smallest absolute Gasteiger partial charge is 0.371 e. The number of hydrogen-bond acceptors (Lipinski definition) is 5. The molecule has 0 aliphatic heterocycles. The maximum absolute atomic E-state index is 12.3. The molecule has 0 saturated heterocycles. The molecule has 1 rings (SSSR count). The second kappa shape index (κ2) is 7.75. The summed E-state index contributed by atoms with van der Waals surface area (Å²) in [5.74, 6) is 0.635. The van der Waals surface area contributed by atoms with Gasteiger partial charge in [0.05, 0.1) is 19.5 Å². The first kappa shape index (κ1) is 15.5. The van der Waals surface area contributed by atoms with Crippen LogP contribution in [0.5, 0.6) is 0 Å². The van der Waals surface area contributed by atoms with Crippen molar-refractivity contribution in [1.29, 1.82) is 5.26 Å². The summed E-state index contributed by atoms with van der Waals surface area (Å²) in [6.07, 6.45) is 6.18. The minimum atomic E-state index is -3.52. The van der Waals surface area contributed by atoms with Crippen LogP contribution in [-0.4, -0.2) is 13.2 Å². The van der Waals surface area contributed by atoms with Crippen molar-refractivity contribution in [3.8, 4) is 6.07 Å². The first-order valence-corrected chi connectivity index (χ1v) is 7.42. The van der Waals surface area contributed by atoms with Crippen LogP contribution in [-0.2, 0) is 13.6 Å². The quantitative estimate of drug-likeness (QED) is 0.429. The van der Waals surface area contributed by atoms with E-state index in [1.165, 1.54) is 6.08 Å². The number of hydrogen-bond donors (Lipinski definition) is 0. The molecule has 1 heterocycles. The standard InChI is InChI=1S/C13H16NO4P/c1-3-17-19(15,18-4-2)13(11-14)9-5-7-12-8-6-10-16-12/h5-10H,3-4H2,1-2H3/b7-5+,13-9-. The zero-order valence-electron chi connectivity index (χ0n) is 10.9. The molecule has 1 aromatic heterocycles. The number of furan rings is 1. The Bertz CT molecular complexity index is 515. The van der Waals surface area contributed by atoms with Crippen LogP contribution in [0, 0.1) is 11.3 Å². The third-order valence-electron chi connectivity index (χ3n) is 2.07. The molecule has 0 N–H and O–H groups in total. The highest BCUT2D eigenvalue weighted by atomic mass is 31.2. The van der Waals surface area contributed by atoms with E-state index in [1.54, 1.807) is 44.4 Å². The lowest BCUT2D eigenvalue weighted by Crippen LogP contribution is -1.97. The van der Waals surface area contributed by atoms with E-state index < -0.39 is 7.60 Å². The minimum Gasteiger partial charge on any atom is -0.465 e. The van der Waals surface area contributed by atoms with Crippen LogP contribution in [0.25, 0.3) is 6.08 Å². The maximum atomic E-state index is 12.3. The van der Waals surface area contributed by atoms with Crippen LogP contribution in [0.15, 0.2) is 40.3 Å². The second-order valence-corrected chi connectivity index (χ2v) is 5.36. The van der Waals surface area contributed by atoms with Crippen molar-refractivity contribution in [2.45, 2.75) is 13.8 Å². The molecule has 0 spiro atoms. The van der Waals surface area contributed by atoms with Gasteiger partial charge in [-0.2, -0.15) is 5.26 Å². The largest absolute Gasteiger partial charge is 0.465 e. The van der Waals surface area contributed by atoms with Crippen molar-refractivity contribution in [3.63, 3.8) is 0 Å². The number of allylic oxidation sites excluding steroid dienone is 3. The number of nitriles is 1. The van der Waals surface area contributed by atoms with Crippen molar-refractivity contribution in [2.75, 3.05) is 13.2 Å². The van der Waals surface area contributed by atoms with E-state index in [2.05, 4.69) is 0 Å². The van der Waals surface area contributed by atoms with Gasteiger partial charge in [-0.15, -0.1) is 0 Å². The summed E-state index contributed by atoms with van der Waals surface area (Å²) < 4.78 is 27.6. The van der Waals surface area contributed by atoms with Gasteiger partial charge in [0, 0.05) is 0 Å². The minimum absolute atomic E-state index is 0.0287. The van der Waals surface area contributed by atoms with Gasteiger partial charge in [0.15, 0.2) is 0 Å². The first-order chi connectivity index (χ1) is 9.16. The van der Waals surface area contributed by atoms with Gasteiger partial charge in [0.1, 0.15) is 17.1 Å². The van der Waals surface area contributed by atoms with Crippen LogP contribution in [0.4, 0.5) is 0 Å². The summed E-state index contributed by atoms with van der Waals surface area (Å²) in [5, 5.41) is 9.04. The van der Waals surface area contributed by atoms with Crippen molar-refractivity contribution in [3.05, 3.63) is 41.6 Å². The van der Waals surface area contributed by atoms with E-state index in [-0.39, 0.29) is 18.5 Å². The molecule has 0 aromatic carbocycles. The lowest BCUT2D eigenvalue weighted by molar-refractivity contribution is 0.227. The molecule has 0 radical (unpaired) electrons. The van der Waals surface area contributed by atoms with E-state index in [0.29, 0.717) is 5.76 Å². The van der Waals surface area contributed by atoms with Crippen LogP contribution >= 0.6 is 7.60 Å². The summed E-state index contributed by atoms with van der Waals surface area (Å²) in [7, 11) is -3.52. The molecule has 0 aliphatic rings. The van der Waals surface area contributed by atoms with E-state index >= 15 is 0 Å². The Morgan fingerprint density at radius 1 is 1.47 bits per heavy atom. The van der Waals surface area contributed by atoms with Crippen LogP contribution in [0.2, 0.25) is 0 Å². The zero-order chi connectivity index (χ0) is 14.1. The molecule has 0 atom stereocenters. The van der Waals surface area contributed by atoms with Gasteiger partial charge >= 0.3 is 7.60 Å². The zero-order valence-corrected chi connectivity index (χ0v) is 11.8. The molecule has 0 aliphatic carbocycles. The fourth-order valence-corrected chi connectivity index (χ4v) is 2.75. The van der Waals surface area contributed by atoms with Gasteiger partial charge in [-0.25, -0.2) is 0 Å². The third-order valence-corrected chi connectivity index (χ3v) is 4.10. The van der Waals surface area contributed by atoms with E-state index in [9.17, 15) is 4.57 Å². The molecule has 102 valence electrons. The average molecular weight is 281 g/mol. The molecular weight excluding hydrogens is 265 g/mol. The highest BCUT2D eigenvalue weighted by Gasteiger charge is 2.29. The van der Waals surface area contributed by atoms with Gasteiger partial charge in [-0.1, -0.05) is 6.08 Å². The first-order valence-electron chi connectivity index (χ1n) is 5.88. The molecule has 0 unspecified atom stereocenters. The molecular formula is C13H16NO4P. The molecule has 0 fully saturated rings. The third kappa shape index (κ3) is 4.53. The molecule has 1 aromatic rings. The summed E-state index contributed by atoms with van der Waals surface area (Å²) in [4.78, 5) is 0. The predicted molar refractivity (Wildman–Crippen MR) is 72.3 cm³/mol. The van der Waals surface area contributed by atoms with Crippen molar-refractivity contribution in [1.82, 2.24) is 0 Å². The Hall–Kier alpha value is -1.60. The highest BCUT2D eigenvalue weighted by molar-refractivity contribution is 7.58. The maximum Gasteiger partial charge on any atom is 0.371 e. The Morgan fingerprint density at radius 3 is 2.63 bits per heavy atom. The average Bonchev–Trinajstić information content (AvgIpc) is 2.88. The normalized spacial score (nSPS) is 12.8. The molecule has 0 saturated carbocycles. The Labute approximate surface area is 112 Å². The van der Waals surface area contributed by atoms with Crippen LogP contribution in [0.1, 0.15) is 19.6 Å². The topological polar surface area (TPSA) is 72.5 Å². The Balaban J connectivity index is 2.91. The number of nitrogens with zero attached hydrogens (tertiary/aromatic N) is 1. The summed E-state index contributed by atoms with van der Waals surface area (Å²) in [6.45, 7) is 3.80. The summed E-state index contributed by atoms with van der Waals surface area (Å²) >= 11 is 0. The molecule has 19 heavy (non-hydrogen) atoms. The van der Waals surface area contributed by atoms with Gasteiger partial charge in [-0.3, -0.25) is 4.57 Å². The molecule has 0 amide bonds. The van der Waals surface area contributed by atoms with Gasteiger partial charge in [-0.05, 0) is 38.1 Å². The van der Waals surface area contributed by atoms with Crippen molar-refractivity contribution in [2.24, 2.45) is 0 Å². The van der Waals surface area contributed by atoms with Crippen molar-refractivity contribution >= 4 is 13.7 Å². The van der Waals surface area contributed by atoms with Gasteiger partial charge in [0.2, 0.25) is 0 Å². The monoisotopic (exact) mass is 281 g/mol. The fourth-order valence-electron chi connectivity index (χ4n) is 1.33. The fraction of sp³-hybridized carbons (Fsp3) is 0.308. The van der Waals surface area contributed by atoms with Gasteiger partial charge in [0.25, 0.3) is 0 Å². The highest BCUT2D eigenvalue weighted by Crippen LogP contribution is 2.55. The Morgan fingerprint density at radius 2 is 2.16 bits per heavy atom. The van der Waals surface area contributed by atoms with E-state index in [0.717, 1.165) is 0 Å². The second-order valence-electron chi connectivity index (χ2n) is 3.37. The SMILES string of the molecule is CCOP(=O)(OCC)/C(C#N)=C\C=C\c1ccco1. The predicted octanol–water partition coefficient (Wildman–Crippen LogP) is 3.97. The van der Waals surface area contributed by atoms with Gasteiger partial charge < -0.3 is 13.5 Å². The molecule has 6 heteroatoms. The lowest BCUT2D eigenvalue weighted by Gasteiger charge is -2.15. The lowest BCUT2D eigenvalue weighted by atomic mass is 10.4. The Kier molecular flexibility index (Phi) is 6.31.